The molecule has 3 nitrogen and oxygen atoms in total. The minimum absolute atomic E-state index is 0.655. The topological polar surface area (TPSA) is 24.5 Å². The van der Waals surface area contributed by atoms with Crippen molar-refractivity contribution in [3.8, 4) is 5.75 Å². The zero-order valence-corrected chi connectivity index (χ0v) is 13.9. The molecule has 0 saturated carbocycles. The summed E-state index contributed by atoms with van der Waals surface area (Å²) < 4.78 is 32.8. The first-order valence-corrected chi connectivity index (χ1v) is 10.8. The Hall–Kier alpha value is -0.983. The molecule has 118 valence electrons. The van der Waals surface area contributed by atoms with Gasteiger partial charge in [0.15, 0.2) is 0 Å². The predicted octanol–water partition coefficient (Wildman–Crippen LogP) is 3.11. The van der Waals surface area contributed by atoms with Gasteiger partial charge in [-0.05, 0) is 37.3 Å². The quantitative estimate of drug-likeness (QED) is 0.845. The molecule has 1 saturated heterocycles. The minimum Gasteiger partial charge on any atom is -0.544 e. The van der Waals surface area contributed by atoms with E-state index in [1.165, 1.54) is 0 Å². The van der Waals surface area contributed by atoms with Crippen LogP contribution in [0, 0.1) is 0 Å². The Morgan fingerprint density at radius 2 is 1.67 bits per heavy atom. The van der Waals surface area contributed by atoms with Crippen LogP contribution in [0.2, 0.25) is 19.6 Å². The molecule has 21 heavy (non-hydrogen) atoms. The van der Waals surface area contributed by atoms with Crippen LogP contribution >= 0.6 is 0 Å². The number of nitrogens with one attached hydrogen (secondary N) is 1. The SMILES string of the molecule is C[Si](C)(C)Oc1ccc([C@@H](C(F)F)N2CCNCC2)cc1. The molecule has 1 aliphatic rings. The van der Waals surface area contributed by atoms with Crippen LogP contribution in [-0.2, 0) is 0 Å². The molecule has 1 aliphatic heterocycles. The Morgan fingerprint density at radius 1 is 1.10 bits per heavy atom. The number of nitrogens with zero attached hydrogens (tertiary/aromatic N) is 1. The first-order valence-electron chi connectivity index (χ1n) is 7.39. The van der Waals surface area contributed by atoms with Crippen LogP contribution in [0.15, 0.2) is 24.3 Å². The van der Waals surface area contributed by atoms with E-state index in [4.69, 9.17) is 4.43 Å². The fourth-order valence-electron chi connectivity index (χ4n) is 2.56. The van der Waals surface area contributed by atoms with Gasteiger partial charge < -0.3 is 9.74 Å². The standard InChI is InChI=1S/C15H24F2N2OSi/c1-21(2,3)20-13-6-4-12(5-7-13)14(15(16)17)19-10-8-18-9-11-19/h4-7,14-15,18H,8-11H2,1-3H3/t14-/m0/s1. The maximum absolute atomic E-state index is 13.5. The summed E-state index contributed by atoms with van der Waals surface area (Å²) in [6.07, 6.45) is -2.38. The first-order chi connectivity index (χ1) is 9.87. The third kappa shape index (κ3) is 4.76. The molecule has 0 aromatic heterocycles. The van der Waals surface area contributed by atoms with Crippen molar-refractivity contribution in [2.24, 2.45) is 0 Å². The highest BCUT2D eigenvalue weighted by atomic mass is 28.4. The highest BCUT2D eigenvalue weighted by Crippen LogP contribution is 2.29. The largest absolute Gasteiger partial charge is 0.544 e. The average Bonchev–Trinajstić information content (AvgIpc) is 2.40. The second kappa shape index (κ2) is 6.85. The van der Waals surface area contributed by atoms with Crippen LogP contribution < -0.4 is 9.74 Å². The molecule has 1 N–H and O–H groups in total. The van der Waals surface area contributed by atoms with Crippen molar-refractivity contribution in [3.05, 3.63) is 29.8 Å². The van der Waals surface area contributed by atoms with Crippen molar-refractivity contribution in [3.63, 3.8) is 0 Å². The highest BCUT2D eigenvalue weighted by Gasteiger charge is 2.30. The molecule has 1 aromatic carbocycles. The van der Waals surface area contributed by atoms with E-state index in [2.05, 4.69) is 25.0 Å². The van der Waals surface area contributed by atoms with Crippen LogP contribution in [0.1, 0.15) is 11.6 Å². The van der Waals surface area contributed by atoms with Gasteiger partial charge in [-0.3, -0.25) is 4.90 Å². The van der Waals surface area contributed by atoms with Gasteiger partial charge in [-0.15, -0.1) is 0 Å². The fraction of sp³-hybridized carbons (Fsp3) is 0.600. The van der Waals surface area contributed by atoms with Gasteiger partial charge in [0.25, 0.3) is 6.43 Å². The van der Waals surface area contributed by atoms with Gasteiger partial charge in [-0.25, -0.2) is 8.78 Å². The van der Waals surface area contributed by atoms with E-state index in [-0.39, 0.29) is 0 Å². The summed E-state index contributed by atoms with van der Waals surface area (Å²) in [6.45, 7) is 9.14. The van der Waals surface area contributed by atoms with Crippen molar-refractivity contribution in [1.29, 1.82) is 0 Å². The molecular weight excluding hydrogens is 290 g/mol. The smallest absolute Gasteiger partial charge is 0.258 e. The molecular formula is C15H24F2N2OSi. The summed E-state index contributed by atoms with van der Waals surface area (Å²) in [5.41, 5.74) is 0.662. The second-order valence-corrected chi connectivity index (χ2v) is 10.8. The molecule has 1 fully saturated rings. The molecule has 2 rings (SSSR count). The second-order valence-electron chi connectivity index (χ2n) is 6.35. The Kier molecular flexibility index (Phi) is 5.35. The fourth-order valence-corrected chi connectivity index (χ4v) is 3.41. The summed E-state index contributed by atoms with van der Waals surface area (Å²) in [5, 5.41) is 3.19. The van der Waals surface area contributed by atoms with E-state index >= 15 is 0 Å². The number of benzene rings is 1. The van der Waals surface area contributed by atoms with E-state index in [1.807, 2.05) is 17.0 Å². The monoisotopic (exact) mass is 314 g/mol. The Labute approximate surface area is 126 Å². The molecule has 0 amide bonds. The Balaban J connectivity index is 2.13. The van der Waals surface area contributed by atoms with Crippen LogP contribution in [0.3, 0.4) is 0 Å². The molecule has 0 radical (unpaired) electrons. The van der Waals surface area contributed by atoms with Crippen LogP contribution in [0.25, 0.3) is 0 Å². The van der Waals surface area contributed by atoms with Gasteiger partial charge in [0.2, 0.25) is 8.32 Å². The number of hydrogen-bond donors (Lipinski definition) is 1. The van der Waals surface area contributed by atoms with Crippen molar-refractivity contribution in [2.75, 3.05) is 26.2 Å². The zero-order chi connectivity index (χ0) is 15.5. The summed E-state index contributed by atoms with van der Waals surface area (Å²) in [7, 11) is -1.66. The van der Waals surface area contributed by atoms with Crippen molar-refractivity contribution in [1.82, 2.24) is 10.2 Å². The molecule has 0 unspecified atom stereocenters. The lowest BCUT2D eigenvalue weighted by atomic mass is 10.0. The van der Waals surface area contributed by atoms with Gasteiger partial charge in [0.05, 0.1) is 6.04 Å². The zero-order valence-electron chi connectivity index (χ0n) is 12.9. The van der Waals surface area contributed by atoms with Gasteiger partial charge in [0.1, 0.15) is 5.75 Å². The van der Waals surface area contributed by atoms with E-state index in [1.54, 1.807) is 12.1 Å². The van der Waals surface area contributed by atoms with E-state index in [0.29, 0.717) is 18.7 Å². The van der Waals surface area contributed by atoms with Crippen molar-refractivity contribution < 1.29 is 13.2 Å². The van der Waals surface area contributed by atoms with Crippen LogP contribution in [0.4, 0.5) is 8.78 Å². The van der Waals surface area contributed by atoms with Crippen LogP contribution in [0.5, 0.6) is 5.75 Å². The van der Waals surface area contributed by atoms with Gasteiger partial charge in [0, 0.05) is 26.2 Å². The normalized spacial score (nSPS) is 18.8. The summed E-state index contributed by atoms with van der Waals surface area (Å²) in [5.74, 6) is 0.770. The minimum atomic E-state index is -2.38. The highest BCUT2D eigenvalue weighted by molar-refractivity contribution is 6.70. The molecule has 1 aromatic rings. The maximum atomic E-state index is 13.5. The Bertz CT molecular complexity index is 442. The first kappa shape index (κ1) is 16.4. The number of piperazine rings is 1. The molecule has 0 spiro atoms. The lowest BCUT2D eigenvalue weighted by molar-refractivity contribution is 0.0181. The predicted molar refractivity (Wildman–Crippen MR) is 83.6 cm³/mol. The lowest BCUT2D eigenvalue weighted by Crippen LogP contribution is -2.46. The summed E-state index contributed by atoms with van der Waals surface area (Å²) >= 11 is 0. The van der Waals surface area contributed by atoms with E-state index in [9.17, 15) is 8.78 Å². The van der Waals surface area contributed by atoms with E-state index < -0.39 is 20.8 Å². The van der Waals surface area contributed by atoms with Crippen molar-refractivity contribution >= 4 is 8.32 Å². The Morgan fingerprint density at radius 3 is 2.14 bits per heavy atom. The number of hydrogen-bond acceptors (Lipinski definition) is 3. The number of alkyl halides is 2. The van der Waals surface area contributed by atoms with Gasteiger partial charge in [-0.1, -0.05) is 12.1 Å². The molecule has 6 heteroatoms. The van der Waals surface area contributed by atoms with Gasteiger partial charge >= 0.3 is 0 Å². The molecule has 1 heterocycles. The third-order valence-electron chi connectivity index (χ3n) is 3.43. The molecule has 0 bridgehead atoms. The number of halogens is 2. The summed E-state index contributed by atoms with van der Waals surface area (Å²) in [6, 6.07) is 6.34. The molecule has 0 aliphatic carbocycles. The lowest BCUT2D eigenvalue weighted by Gasteiger charge is -2.34. The summed E-state index contributed by atoms with van der Waals surface area (Å²) in [4.78, 5) is 1.86. The van der Waals surface area contributed by atoms with Crippen molar-refractivity contribution in [2.45, 2.75) is 32.1 Å². The average molecular weight is 314 g/mol. The maximum Gasteiger partial charge on any atom is 0.258 e. The van der Waals surface area contributed by atoms with Gasteiger partial charge in [-0.2, -0.15) is 0 Å². The third-order valence-corrected chi connectivity index (χ3v) is 4.28. The van der Waals surface area contributed by atoms with Crippen LogP contribution in [-0.4, -0.2) is 45.8 Å². The molecule has 1 atom stereocenters. The number of rotatable bonds is 5. The van der Waals surface area contributed by atoms with E-state index in [0.717, 1.165) is 18.8 Å².